The maximum Gasteiger partial charge on any atom is 0.349 e. The Kier molecular flexibility index (Phi) is 9.56. The number of carbonyl (C=O) groups excluding carboxylic acids is 1. The summed E-state index contributed by atoms with van der Waals surface area (Å²) >= 11 is 2.73. The van der Waals surface area contributed by atoms with Crippen LogP contribution in [0.1, 0.15) is 47.4 Å². The molecule has 1 fully saturated rings. The number of aliphatic hydroxyl groups is 2. The second-order valence-corrected chi connectivity index (χ2v) is 11.2. The van der Waals surface area contributed by atoms with E-state index in [9.17, 15) is 9.90 Å². The first kappa shape index (κ1) is 26.8. The van der Waals surface area contributed by atoms with Crippen molar-refractivity contribution >= 4 is 28.6 Å². The van der Waals surface area contributed by atoms with Crippen LogP contribution in [-0.4, -0.2) is 60.0 Å². The first-order valence-electron chi connectivity index (χ1n) is 12.5. The van der Waals surface area contributed by atoms with E-state index in [4.69, 9.17) is 14.6 Å². The summed E-state index contributed by atoms with van der Waals surface area (Å²) < 4.78 is 11.7. The van der Waals surface area contributed by atoms with Crippen LogP contribution >= 0.6 is 22.7 Å². The van der Waals surface area contributed by atoms with Crippen LogP contribution in [0.25, 0.3) is 0 Å². The van der Waals surface area contributed by atoms with Crippen molar-refractivity contribution in [2.75, 3.05) is 26.8 Å². The number of aliphatic hydroxyl groups excluding tert-OH is 1. The topological polar surface area (TPSA) is 79.2 Å². The normalized spacial score (nSPS) is 18.3. The van der Waals surface area contributed by atoms with Crippen molar-refractivity contribution in [3.63, 3.8) is 0 Å². The zero-order chi connectivity index (χ0) is 25.4. The molecule has 0 radical (unpaired) electrons. The lowest BCUT2D eigenvalue weighted by molar-refractivity contribution is -0.169. The second kappa shape index (κ2) is 12.8. The number of hydrogen-bond donors (Lipinski definition) is 2. The van der Waals surface area contributed by atoms with Gasteiger partial charge in [-0.3, -0.25) is 0 Å². The van der Waals surface area contributed by atoms with Gasteiger partial charge in [-0.25, -0.2) is 4.79 Å². The van der Waals surface area contributed by atoms with E-state index in [1.165, 1.54) is 22.7 Å². The molecule has 3 aromatic rings. The van der Waals surface area contributed by atoms with Crippen LogP contribution in [0.15, 0.2) is 59.3 Å². The fraction of sp³-hybridized carbons (Fsp3) is 0.464. The third-order valence-corrected chi connectivity index (χ3v) is 8.80. The van der Waals surface area contributed by atoms with Gasteiger partial charge in [0.15, 0.2) is 0 Å². The molecule has 0 bridgehead atoms. The Morgan fingerprint density at radius 3 is 2.22 bits per heavy atom. The van der Waals surface area contributed by atoms with Gasteiger partial charge in [0.05, 0.1) is 16.4 Å². The van der Waals surface area contributed by atoms with Gasteiger partial charge >= 0.3 is 5.97 Å². The Morgan fingerprint density at radius 1 is 1.03 bits per heavy atom. The van der Waals surface area contributed by atoms with E-state index in [1.54, 1.807) is 12.1 Å². The Labute approximate surface area is 221 Å². The summed E-state index contributed by atoms with van der Waals surface area (Å²) in [7, 11) is 2.15. The Morgan fingerprint density at radius 2 is 1.67 bits per heavy atom. The first-order valence-corrected chi connectivity index (χ1v) is 14.3. The molecule has 8 heteroatoms. The van der Waals surface area contributed by atoms with Gasteiger partial charge in [-0.2, -0.15) is 0 Å². The van der Waals surface area contributed by atoms with Crippen LogP contribution in [0.4, 0.5) is 0 Å². The van der Waals surface area contributed by atoms with Crippen molar-refractivity contribution in [2.45, 2.75) is 56.3 Å². The fourth-order valence-electron chi connectivity index (χ4n) is 4.70. The van der Waals surface area contributed by atoms with Crippen LogP contribution in [0, 0.1) is 0 Å². The van der Waals surface area contributed by atoms with Gasteiger partial charge in [0.2, 0.25) is 5.60 Å². The zero-order valence-electron chi connectivity index (χ0n) is 20.7. The van der Waals surface area contributed by atoms with Crippen molar-refractivity contribution in [1.82, 2.24) is 4.90 Å². The molecule has 0 spiro atoms. The SMILES string of the molecule is CN(CCCOc1ccc(CCO)cc1)[C@H]1CC[C@H](OC(=O)C(O)(c2cccs2)c2cccs2)CC1. The van der Waals surface area contributed by atoms with E-state index in [1.807, 2.05) is 47.2 Å². The van der Waals surface area contributed by atoms with E-state index in [0.29, 0.717) is 28.8 Å². The second-order valence-electron chi connectivity index (χ2n) is 9.30. The molecule has 0 atom stereocenters. The molecule has 4 rings (SSSR count). The molecule has 2 aromatic heterocycles. The van der Waals surface area contributed by atoms with E-state index in [-0.39, 0.29) is 12.7 Å². The molecule has 194 valence electrons. The van der Waals surface area contributed by atoms with Gasteiger partial charge in [-0.15, -0.1) is 22.7 Å². The predicted octanol–water partition coefficient (Wildman–Crippen LogP) is 4.84. The van der Waals surface area contributed by atoms with Crippen molar-refractivity contribution in [1.29, 1.82) is 0 Å². The van der Waals surface area contributed by atoms with Crippen LogP contribution in [0.2, 0.25) is 0 Å². The minimum atomic E-state index is -1.74. The Bertz CT molecular complexity index is 1010. The number of nitrogens with zero attached hydrogens (tertiary/aromatic N) is 1. The molecule has 1 aliphatic rings. The first-order chi connectivity index (χ1) is 17.5. The lowest BCUT2D eigenvalue weighted by Crippen LogP contribution is -2.42. The summed E-state index contributed by atoms with van der Waals surface area (Å²) in [6.07, 6.45) is 4.92. The van der Waals surface area contributed by atoms with Crippen LogP contribution in [0.5, 0.6) is 5.75 Å². The molecule has 2 heterocycles. The largest absolute Gasteiger partial charge is 0.494 e. The molecule has 0 saturated heterocycles. The quantitative estimate of drug-likeness (QED) is 0.258. The molecule has 6 nitrogen and oxygen atoms in total. The number of thiophene rings is 2. The van der Waals surface area contributed by atoms with Crippen LogP contribution in [-0.2, 0) is 21.6 Å². The minimum absolute atomic E-state index is 0.156. The number of esters is 1. The Hall–Kier alpha value is -2.23. The van der Waals surface area contributed by atoms with Gasteiger partial charge in [0.1, 0.15) is 11.9 Å². The highest BCUT2D eigenvalue weighted by molar-refractivity contribution is 7.12. The number of benzene rings is 1. The molecule has 0 unspecified atom stereocenters. The third-order valence-electron chi connectivity index (χ3n) is 6.84. The number of rotatable bonds is 12. The van der Waals surface area contributed by atoms with E-state index >= 15 is 0 Å². The summed E-state index contributed by atoms with van der Waals surface area (Å²) in [5, 5.41) is 24.2. The number of carbonyl (C=O) groups is 1. The number of hydrogen-bond acceptors (Lipinski definition) is 8. The third kappa shape index (κ3) is 6.55. The maximum absolute atomic E-state index is 13.2. The highest BCUT2D eigenvalue weighted by Crippen LogP contribution is 2.38. The van der Waals surface area contributed by atoms with Crippen molar-refractivity contribution < 1.29 is 24.5 Å². The molecule has 36 heavy (non-hydrogen) atoms. The fourth-order valence-corrected chi connectivity index (χ4v) is 6.41. The van der Waals surface area contributed by atoms with Gasteiger partial charge in [-0.1, -0.05) is 24.3 Å². The van der Waals surface area contributed by atoms with Crippen LogP contribution < -0.4 is 4.74 Å². The molecule has 2 N–H and O–H groups in total. The van der Waals surface area contributed by atoms with Gasteiger partial charge in [-0.05, 0) is 86.2 Å². The molecule has 0 aliphatic heterocycles. The zero-order valence-corrected chi connectivity index (χ0v) is 22.3. The summed E-state index contributed by atoms with van der Waals surface area (Å²) in [5.41, 5.74) is -0.636. The van der Waals surface area contributed by atoms with Crippen molar-refractivity contribution in [2.24, 2.45) is 0 Å². The lowest BCUT2D eigenvalue weighted by atomic mass is 9.91. The van der Waals surface area contributed by atoms with Gasteiger partial charge < -0.3 is 24.6 Å². The highest BCUT2D eigenvalue weighted by atomic mass is 32.1. The summed E-state index contributed by atoms with van der Waals surface area (Å²) in [5.74, 6) is 0.275. The summed E-state index contributed by atoms with van der Waals surface area (Å²) in [6, 6.07) is 15.6. The maximum atomic E-state index is 13.2. The summed E-state index contributed by atoms with van der Waals surface area (Å²) in [4.78, 5) is 16.7. The van der Waals surface area contributed by atoms with Crippen molar-refractivity contribution in [3.05, 3.63) is 74.6 Å². The van der Waals surface area contributed by atoms with E-state index < -0.39 is 11.6 Å². The Balaban J connectivity index is 1.20. The smallest absolute Gasteiger partial charge is 0.349 e. The monoisotopic (exact) mass is 529 g/mol. The molecular weight excluding hydrogens is 494 g/mol. The average molecular weight is 530 g/mol. The molecular formula is C28H35NO5S2. The molecule has 1 aliphatic carbocycles. The molecule has 1 aromatic carbocycles. The average Bonchev–Trinajstić information content (AvgIpc) is 3.63. The summed E-state index contributed by atoms with van der Waals surface area (Å²) in [6.45, 7) is 1.75. The number of ether oxygens (including phenoxy) is 2. The standard InChI is InChI=1S/C28H35NO5S2/c1-29(16-4-18-33-23-11-7-21(8-12-23)15-17-30)22-9-13-24(14-10-22)34-27(31)28(32,25-5-2-19-35-25)26-6-3-20-36-26/h2-3,5-8,11-12,19-20,22,24,30,32H,4,9-10,13-18H2,1H3/t22-,24-. The van der Waals surface area contributed by atoms with Gasteiger partial charge in [0, 0.05) is 19.2 Å². The van der Waals surface area contributed by atoms with Crippen molar-refractivity contribution in [3.8, 4) is 5.75 Å². The molecule has 1 saturated carbocycles. The highest BCUT2D eigenvalue weighted by Gasteiger charge is 2.45. The predicted molar refractivity (Wildman–Crippen MR) is 144 cm³/mol. The lowest BCUT2D eigenvalue weighted by Gasteiger charge is -2.35. The van der Waals surface area contributed by atoms with E-state index in [0.717, 1.165) is 50.0 Å². The molecule has 0 amide bonds. The van der Waals surface area contributed by atoms with E-state index in [2.05, 4.69) is 11.9 Å². The van der Waals surface area contributed by atoms with Crippen LogP contribution in [0.3, 0.4) is 0 Å². The minimum Gasteiger partial charge on any atom is -0.494 e. The van der Waals surface area contributed by atoms with Gasteiger partial charge in [0.25, 0.3) is 0 Å².